The number of nitrogens with zero attached hydrogens (tertiary/aromatic N) is 3. The van der Waals surface area contributed by atoms with E-state index in [-0.39, 0.29) is 23.5 Å². The zero-order valence-electron chi connectivity index (χ0n) is 10.9. The Kier molecular flexibility index (Phi) is 3.91. The van der Waals surface area contributed by atoms with E-state index in [1.165, 1.54) is 12.4 Å². The van der Waals surface area contributed by atoms with Crippen molar-refractivity contribution in [2.75, 3.05) is 5.73 Å². The van der Waals surface area contributed by atoms with E-state index in [0.717, 1.165) is 5.56 Å². The molecule has 0 radical (unpaired) electrons. The summed E-state index contributed by atoms with van der Waals surface area (Å²) in [6, 6.07) is 8.82. The van der Waals surface area contributed by atoms with Crippen molar-refractivity contribution >= 4 is 11.7 Å². The molecule has 0 aliphatic heterocycles. The highest BCUT2D eigenvalue weighted by Gasteiger charge is 2.15. The normalized spacial score (nSPS) is 11.4. The molecule has 0 aliphatic rings. The van der Waals surface area contributed by atoms with Crippen molar-refractivity contribution in [3.63, 3.8) is 0 Å². The maximum Gasteiger partial charge on any atom is 0.274 e. The number of carbonyl (C=O) groups is 1. The number of aromatic nitrogens is 2. The van der Waals surface area contributed by atoms with Crippen molar-refractivity contribution in [1.82, 2.24) is 15.3 Å². The lowest BCUT2D eigenvalue weighted by atomic mass is 10.1. The Balaban J connectivity index is 2.11. The quantitative estimate of drug-likeness (QED) is 0.875. The van der Waals surface area contributed by atoms with E-state index in [1.807, 2.05) is 13.0 Å². The van der Waals surface area contributed by atoms with E-state index in [1.54, 1.807) is 24.3 Å². The number of amides is 1. The smallest absolute Gasteiger partial charge is 0.274 e. The highest BCUT2D eigenvalue weighted by Crippen LogP contribution is 2.14. The van der Waals surface area contributed by atoms with Crippen LogP contribution in [0.1, 0.15) is 34.6 Å². The van der Waals surface area contributed by atoms with Gasteiger partial charge in [0, 0.05) is 12.4 Å². The molecule has 0 saturated heterocycles. The van der Waals surface area contributed by atoms with Crippen LogP contribution in [0.5, 0.6) is 0 Å². The van der Waals surface area contributed by atoms with Crippen LogP contribution >= 0.6 is 0 Å². The molecular formula is C14H13N5O. The minimum atomic E-state index is -0.382. The predicted octanol–water partition coefficient (Wildman–Crippen LogP) is 1.42. The molecule has 3 N–H and O–H groups in total. The Morgan fingerprint density at radius 1 is 1.30 bits per heavy atom. The van der Waals surface area contributed by atoms with Crippen LogP contribution in [-0.2, 0) is 0 Å². The van der Waals surface area contributed by atoms with E-state index in [2.05, 4.69) is 15.3 Å². The minimum Gasteiger partial charge on any atom is -0.382 e. The van der Waals surface area contributed by atoms with Gasteiger partial charge in [-0.1, -0.05) is 12.1 Å². The first-order valence-electron chi connectivity index (χ1n) is 5.99. The third-order valence-corrected chi connectivity index (χ3v) is 2.83. The Morgan fingerprint density at radius 2 is 1.95 bits per heavy atom. The fourth-order valence-corrected chi connectivity index (χ4v) is 1.72. The molecule has 0 bridgehead atoms. The number of nitriles is 1. The van der Waals surface area contributed by atoms with Gasteiger partial charge in [0.1, 0.15) is 0 Å². The second-order valence-corrected chi connectivity index (χ2v) is 4.22. The number of benzene rings is 1. The minimum absolute atomic E-state index is 0.0945. The molecule has 6 nitrogen and oxygen atoms in total. The molecule has 1 unspecified atom stereocenters. The molecular weight excluding hydrogens is 254 g/mol. The van der Waals surface area contributed by atoms with Gasteiger partial charge in [-0.3, -0.25) is 4.79 Å². The van der Waals surface area contributed by atoms with Gasteiger partial charge in [0.05, 0.1) is 17.7 Å². The molecule has 1 aromatic carbocycles. The standard InChI is InChI=1S/C14H13N5O/c1-9(11-4-2-10(8-15)3-5-11)19-14(20)12-13(16)18-7-6-17-12/h2-7,9H,1H3,(H2,16,18)(H,19,20). The largest absolute Gasteiger partial charge is 0.382 e. The molecule has 0 aliphatic carbocycles. The van der Waals surface area contributed by atoms with Crippen molar-refractivity contribution < 1.29 is 4.79 Å². The molecule has 1 heterocycles. The number of hydrogen-bond donors (Lipinski definition) is 2. The molecule has 20 heavy (non-hydrogen) atoms. The van der Waals surface area contributed by atoms with Crippen LogP contribution in [0.2, 0.25) is 0 Å². The Bertz CT molecular complexity index is 660. The number of nitrogens with one attached hydrogen (secondary N) is 1. The number of nitrogens with two attached hydrogens (primary N) is 1. The number of anilines is 1. The second-order valence-electron chi connectivity index (χ2n) is 4.22. The van der Waals surface area contributed by atoms with Crippen LogP contribution < -0.4 is 11.1 Å². The Hall–Kier alpha value is -2.94. The summed E-state index contributed by atoms with van der Waals surface area (Å²) in [5, 5.41) is 11.5. The topological polar surface area (TPSA) is 105 Å². The summed E-state index contributed by atoms with van der Waals surface area (Å²) in [5.74, 6) is -0.288. The van der Waals surface area contributed by atoms with Crippen LogP contribution in [0.4, 0.5) is 5.82 Å². The molecule has 1 atom stereocenters. The van der Waals surface area contributed by atoms with Gasteiger partial charge in [0.15, 0.2) is 11.5 Å². The van der Waals surface area contributed by atoms with Crippen LogP contribution in [-0.4, -0.2) is 15.9 Å². The van der Waals surface area contributed by atoms with Gasteiger partial charge in [-0.05, 0) is 24.6 Å². The van der Waals surface area contributed by atoms with Gasteiger partial charge in [-0.25, -0.2) is 9.97 Å². The first kappa shape index (κ1) is 13.5. The Morgan fingerprint density at radius 3 is 2.55 bits per heavy atom. The number of carbonyl (C=O) groups excluding carboxylic acids is 1. The van der Waals surface area contributed by atoms with Crippen molar-refractivity contribution in [2.24, 2.45) is 0 Å². The molecule has 1 aromatic heterocycles. The summed E-state index contributed by atoms with van der Waals surface area (Å²) in [6.45, 7) is 1.84. The van der Waals surface area contributed by atoms with Crippen molar-refractivity contribution in [3.05, 3.63) is 53.5 Å². The highest BCUT2D eigenvalue weighted by molar-refractivity contribution is 5.96. The molecule has 0 spiro atoms. The van der Waals surface area contributed by atoms with Crippen LogP contribution in [0.3, 0.4) is 0 Å². The van der Waals surface area contributed by atoms with Crippen LogP contribution in [0.25, 0.3) is 0 Å². The van der Waals surface area contributed by atoms with Gasteiger partial charge >= 0.3 is 0 Å². The third-order valence-electron chi connectivity index (χ3n) is 2.83. The molecule has 6 heteroatoms. The number of nitrogen functional groups attached to an aromatic ring is 1. The van der Waals surface area contributed by atoms with E-state index in [0.29, 0.717) is 5.56 Å². The lowest BCUT2D eigenvalue weighted by molar-refractivity contribution is 0.0935. The summed E-state index contributed by atoms with van der Waals surface area (Å²) in [7, 11) is 0. The average Bonchev–Trinajstić information content (AvgIpc) is 2.47. The number of rotatable bonds is 3. The molecule has 2 rings (SSSR count). The molecule has 0 saturated carbocycles. The van der Waals surface area contributed by atoms with Gasteiger partial charge in [0.25, 0.3) is 5.91 Å². The zero-order chi connectivity index (χ0) is 14.5. The lowest BCUT2D eigenvalue weighted by Crippen LogP contribution is -2.28. The van der Waals surface area contributed by atoms with Gasteiger partial charge in [-0.15, -0.1) is 0 Å². The molecule has 2 aromatic rings. The zero-order valence-corrected chi connectivity index (χ0v) is 10.9. The van der Waals surface area contributed by atoms with E-state index in [4.69, 9.17) is 11.0 Å². The van der Waals surface area contributed by atoms with Crippen LogP contribution in [0, 0.1) is 11.3 Å². The van der Waals surface area contributed by atoms with E-state index in [9.17, 15) is 4.79 Å². The summed E-state index contributed by atoms with van der Waals surface area (Å²) >= 11 is 0. The SMILES string of the molecule is CC(NC(=O)c1nccnc1N)c1ccc(C#N)cc1. The second kappa shape index (κ2) is 5.80. The first-order chi connectivity index (χ1) is 9.61. The fraction of sp³-hybridized carbons (Fsp3) is 0.143. The first-order valence-corrected chi connectivity index (χ1v) is 5.99. The molecule has 1 amide bonds. The van der Waals surface area contributed by atoms with Crippen molar-refractivity contribution in [1.29, 1.82) is 5.26 Å². The van der Waals surface area contributed by atoms with E-state index < -0.39 is 0 Å². The van der Waals surface area contributed by atoms with Crippen molar-refractivity contribution in [3.8, 4) is 6.07 Å². The van der Waals surface area contributed by atoms with Crippen molar-refractivity contribution in [2.45, 2.75) is 13.0 Å². The van der Waals surface area contributed by atoms with Crippen LogP contribution in [0.15, 0.2) is 36.7 Å². The molecule has 100 valence electrons. The lowest BCUT2D eigenvalue weighted by Gasteiger charge is -2.14. The van der Waals surface area contributed by atoms with Gasteiger partial charge in [0.2, 0.25) is 0 Å². The summed E-state index contributed by atoms with van der Waals surface area (Å²) in [6.07, 6.45) is 2.84. The van der Waals surface area contributed by atoms with E-state index >= 15 is 0 Å². The fourth-order valence-electron chi connectivity index (χ4n) is 1.72. The summed E-state index contributed by atoms with van der Waals surface area (Å²) in [4.78, 5) is 19.8. The summed E-state index contributed by atoms with van der Waals surface area (Å²) < 4.78 is 0. The maximum absolute atomic E-state index is 12.0. The number of hydrogen-bond acceptors (Lipinski definition) is 5. The maximum atomic E-state index is 12.0. The van der Waals surface area contributed by atoms with Gasteiger partial charge in [-0.2, -0.15) is 5.26 Å². The predicted molar refractivity (Wildman–Crippen MR) is 73.5 cm³/mol. The Labute approximate surface area is 116 Å². The molecule has 0 fully saturated rings. The van der Waals surface area contributed by atoms with Gasteiger partial charge < -0.3 is 11.1 Å². The summed E-state index contributed by atoms with van der Waals surface area (Å²) in [5.41, 5.74) is 7.17. The highest BCUT2D eigenvalue weighted by atomic mass is 16.2. The third kappa shape index (κ3) is 2.90. The average molecular weight is 267 g/mol. The monoisotopic (exact) mass is 267 g/mol.